The Bertz CT molecular complexity index is 407. The van der Waals surface area contributed by atoms with Crippen LogP contribution in [0.5, 0.6) is 0 Å². The second kappa shape index (κ2) is 5.05. The zero-order chi connectivity index (χ0) is 14.1. The standard InChI is InChI=1S/C11H22N2O4S/c1-11(2,3)17-10(14)13-7-9(8-13)6-12(4)18(5,15)16/h9H,6-8H2,1-5H3. The zero-order valence-electron chi connectivity index (χ0n) is 11.6. The van der Waals surface area contributed by atoms with Crippen LogP contribution >= 0.6 is 0 Å². The molecule has 7 heteroatoms. The Balaban J connectivity index is 2.35. The fourth-order valence-electron chi connectivity index (χ4n) is 1.66. The molecule has 6 nitrogen and oxygen atoms in total. The first-order chi connectivity index (χ1) is 7.99. The predicted molar refractivity (Wildman–Crippen MR) is 68.8 cm³/mol. The van der Waals surface area contributed by atoms with Crippen LogP contribution in [0.4, 0.5) is 4.79 Å². The van der Waals surface area contributed by atoms with E-state index in [4.69, 9.17) is 4.74 Å². The average molecular weight is 278 g/mol. The number of carbonyl (C=O) groups is 1. The highest BCUT2D eigenvalue weighted by Gasteiger charge is 2.35. The summed E-state index contributed by atoms with van der Waals surface area (Å²) >= 11 is 0. The number of sulfonamides is 1. The van der Waals surface area contributed by atoms with E-state index in [9.17, 15) is 13.2 Å². The molecular weight excluding hydrogens is 256 g/mol. The summed E-state index contributed by atoms with van der Waals surface area (Å²) < 4.78 is 29.0. The van der Waals surface area contributed by atoms with Crippen molar-refractivity contribution in [3.63, 3.8) is 0 Å². The maximum atomic E-state index is 11.6. The SMILES string of the molecule is CN(CC1CN(C(=O)OC(C)(C)C)C1)S(C)(=O)=O. The lowest BCUT2D eigenvalue weighted by Crippen LogP contribution is -2.54. The smallest absolute Gasteiger partial charge is 0.410 e. The minimum Gasteiger partial charge on any atom is -0.444 e. The molecule has 0 N–H and O–H groups in total. The third-order valence-corrected chi connectivity index (χ3v) is 3.97. The van der Waals surface area contributed by atoms with Gasteiger partial charge in [-0.05, 0) is 20.8 Å². The third-order valence-electron chi connectivity index (χ3n) is 2.69. The molecule has 106 valence electrons. The molecule has 0 atom stereocenters. The van der Waals surface area contributed by atoms with Crippen molar-refractivity contribution in [2.24, 2.45) is 5.92 Å². The highest BCUT2D eigenvalue weighted by molar-refractivity contribution is 7.88. The minimum atomic E-state index is -3.14. The summed E-state index contributed by atoms with van der Waals surface area (Å²) in [6, 6.07) is 0. The number of amides is 1. The molecule has 0 aliphatic carbocycles. The van der Waals surface area contributed by atoms with E-state index in [-0.39, 0.29) is 12.0 Å². The molecular formula is C11H22N2O4S. The lowest BCUT2D eigenvalue weighted by molar-refractivity contribution is -0.00257. The summed E-state index contributed by atoms with van der Waals surface area (Å²) in [5.74, 6) is 0.192. The van der Waals surface area contributed by atoms with E-state index in [0.29, 0.717) is 19.6 Å². The molecule has 0 aromatic rings. The van der Waals surface area contributed by atoms with Crippen LogP contribution in [0.15, 0.2) is 0 Å². The molecule has 1 aliphatic rings. The monoisotopic (exact) mass is 278 g/mol. The molecule has 0 saturated carbocycles. The first-order valence-corrected chi connectivity index (χ1v) is 7.73. The molecule has 1 heterocycles. The van der Waals surface area contributed by atoms with Crippen molar-refractivity contribution >= 4 is 16.1 Å². The molecule has 0 unspecified atom stereocenters. The normalized spacial score (nSPS) is 17.8. The van der Waals surface area contributed by atoms with E-state index in [1.165, 1.54) is 10.6 Å². The van der Waals surface area contributed by atoms with Crippen molar-refractivity contribution in [1.29, 1.82) is 0 Å². The Morgan fingerprint density at radius 2 is 1.89 bits per heavy atom. The van der Waals surface area contributed by atoms with Gasteiger partial charge < -0.3 is 9.64 Å². The fourth-order valence-corrected chi connectivity index (χ4v) is 2.14. The molecule has 1 amide bonds. The average Bonchev–Trinajstić information content (AvgIpc) is 2.04. The van der Waals surface area contributed by atoms with E-state index < -0.39 is 15.6 Å². The Kier molecular flexibility index (Phi) is 4.27. The highest BCUT2D eigenvalue weighted by Crippen LogP contribution is 2.20. The second-order valence-electron chi connectivity index (χ2n) is 5.79. The number of hydrogen-bond acceptors (Lipinski definition) is 4. The van der Waals surface area contributed by atoms with Crippen LogP contribution in [0.1, 0.15) is 20.8 Å². The quantitative estimate of drug-likeness (QED) is 0.764. The fraction of sp³-hybridized carbons (Fsp3) is 0.909. The van der Waals surface area contributed by atoms with E-state index in [1.54, 1.807) is 11.9 Å². The molecule has 0 aromatic carbocycles. The maximum absolute atomic E-state index is 11.6. The summed E-state index contributed by atoms with van der Waals surface area (Å²) in [5, 5.41) is 0. The Morgan fingerprint density at radius 3 is 2.28 bits per heavy atom. The van der Waals surface area contributed by atoms with Gasteiger partial charge in [0.05, 0.1) is 6.26 Å². The molecule has 1 rings (SSSR count). The summed E-state index contributed by atoms with van der Waals surface area (Å²) in [7, 11) is -1.59. The lowest BCUT2D eigenvalue weighted by Gasteiger charge is -2.40. The van der Waals surface area contributed by atoms with Crippen LogP contribution in [0.2, 0.25) is 0 Å². The van der Waals surface area contributed by atoms with Gasteiger partial charge in [-0.3, -0.25) is 0 Å². The summed E-state index contributed by atoms with van der Waals surface area (Å²) in [6.45, 7) is 7.00. The Hall–Kier alpha value is -0.820. The van der Waals surface area contributed by atoms with E-state index in [1.807, 2.05) is 20.8 Å². The predicted octanol–water partition coefficient (Wildman–Crippen LogP) is 0.745. The Labute approximate surface area is 109 Å². The zero-order valence-corrected chi connectivity index (χ0v) is 12.5. The number of carbonyl (C=O) groups excluding carboxylic acids is 1. The van der Waals surface area contributed by atoms with Gasteiger partial charge in [-0.2, -0.15) is 0 Å². The number of likely N-dealkylation sites (tertiary alicyclic amines) is 1. The molecule has 0 spiro atoms. The number of rotatable bonds is 3. The molecule has 0 aromatic heterocycles. The molecule has 0 bridgehead atoms. The van der Waals surface area contributed by atoms with Crippen LogP contribution in [-0.2, 0) is 14.8 Å². The van der Waals surface area contributed by atoms with Crippen molar-refractivity contribution in [2.75, 3.05) is 32.9 Å². The Morgan fingerprint density at radius 1 is 1.39 bits per heavy atom. The molecule has 0 radical (unpaired) electrons. The van der Waals surface area contributed by atoms with Gasteiger partial charge in [0.2, 0.25) is 10.0 Å². The number of nitrogens with zero attached hydrogens (tertiary/aromatic N) is 2. The van der Waals surface area contributed by atoms with Crippen LogP contribution in [0.25, 0.3) is 0 Å². The summed E-state index contributed by atoms with van der Waals surface area (Å²) in [5.41, 5.74) is -0.494. The molecule has 1 aliphatic heterocycles. The van der Waals surface area contributed by atoms with Crippen molar-refractivity contribution in [2.45, 2.75) is 26.4 Å². The third kappa shape index (κ3) is 4.45. The molecule has 1 saturated heterocycles. The number of hydrogen-bond donors (Lipinski definition) is 0. The van der Waals surface area contributed by atoms with Crippen molar-refractivity contribution in [1.82, 2.24) is 9.21 Å². The number of ether oxygens (including phenoxy) is 1. The van der Waals surface area contributed by atoms with Gasteiger partial charge in [-0.25, -0.2) is 17.5 Å². The van der Waals surface area contributed by atoms with Crippen molar-refractivity contribution in [3.05, 3.63) is 0 Å². The van der Waals surface area contributed by atoms with Gasteiger partial charge in [0.15, 0.2) is 0 Å². The van der Waals surface area contributed by atoms with E-state index in [0.717, 1.165) is 0 Å². The molecule has 1 fully saturated rings. The van der Waals surface area contributed by atoms with Crippen molar-refractivity contribution in [3.8, 4) is 0 Å². The van der Waals surface area contributed by atoms with Crippen LogP contribution in [0.3, 0.4) is 0 Å². The molecule has 18 heavy (non-hydrogen) atoms. The van der Waals surface area contributed by atoms with Crippen LogP contribution in [0, 0.1) is 5.92 Å². The van der Waals surface area contributed by atoms with Gasteiger partial charge in [0.1, 0.15) is 5.60 Å². The van der Waals surface area contributed by atoms with Gasteiger partial charge in [-0.1, -0.05) is 0 Å². The largest absolute Gasteiger partial charge is 0.444 e. The lowest BCUT2D eigenvalue weighted by atomic mass is 10.0. The van der Waals surface area contributed by atoms with E-state index >= 15 is 0 Å². The summed E-state index contributed by atoms with van der Waals surface area (Å²) in [4.78, 5) is 13.2. The summed E-state index contributed by atoms with van der Waals surface area (Å²) in [6.07, 6.45) is 0.845. The maximum Gasteiger partial charge on any atom is 0.410 e. The topological polar surface area (TPSA) is 66.9 Å². The van der Waals surface area contributed by atoms with Gasteiger partial charge in [-0.15, -0.1) is 0 Å². The first kappa shape index (κ1) is 15.2. The minimum absolute atomic E-state index is 0.192. The second-order valence-corrected chi connectivity index (χ2v) is 7.88. The van der Waals surface area contributed by atoms with Crippen molar-refractivity contribution < 1.29 is 17.9 Å². The first-order valence-electron chi connectivity index (χ1n) is 5.88. The van der Waals surface area contributed by atoms with Gasteiger partial charge in [0.25, 0.3) is 0 Å². The van der Waals surface area contributed by atoms with Crippen LogP contribution in [-0.4, -0.2) is 62.3 Å². The van der Waals surface area contributed by atoms with Gasteiger partial charge >= 0.3 is 6.09 Å². The van der Waals surface area contributed by atoms with E-state index in [2.05, 4.69) is 0 Å². The highest BCUT2D eigenvalue weighted by atomic mass is 32.2. The van der Waals surface area contributed by atoms with Gasteiger partial charge in [0, 0.05) is 32.6 Å². The van der Waals surface area contributed by atoms with Crippen LogP contribution < -0.4 is 0 Å².